The maximum atomic E-state index is 3.91. The molecule has 0 fully saturated rings. The standard InChI is InChI=1S/C5H6N4/c1-9-3-2-4-5(9)7-8-6-4/h2-3H,1H3,(H,6,7,8). The van der Waals surface area contributed by atoms with Gasteiger partial charge in [0.05, 0.1) is 0 Å². The summed E-state index contributed by atoms with van der Waals surface area (Å²) < 4.78 is 1.92. The molecule has 46 valence electrons. The van der Waals surface area contributed by atoms with Gasteiger partial charge in [-0.25, -0.2) is 0 Å². The number of aromatic amines is 1. The highest BCUT2D eigenvalue weighted by molar-refractivity contribution is 5.69. The van der Waals surface area contributed by atoms with Crippen LogP contribution in [-0.4, -0.2) is 20.0 Å². The molecule has 4 nitrogen and oxygen atoms in total. The Balaban J connectivity index is 2.99. The van der Waals surface area contributed by atoms with Gasteiger partial charge in [0.1, 0.15) is 5.52 Å². The Kier molecular flexibility index (Phi) is 0.677. The van der Waals surface area contributed by atoms with Gasteiger partial charge >= 0.3 is 0 Å². The highest BCUT2D eigenvalue weighted by atomic mass is 15.4. The predicted octanol–water partition coefficient (Wildman–Crippen LogP) is 0.296. The van der Waals surface area contributed by atoms with Crippen LogP contribution in [0.3, 0.4) is 0 Å². The summed E-state index contributed by atoms with van der Waals surface area (Å²) in [4.78, 5) is 0. The number of fused-ring (bicyclic) bond motifs is 1. The van der Waals surface area contributed by atoms with Crippen LogP contribution >= 0.6 is 0 Å². The molecule has 0 aliphatic heterocycles. The van der Waals surface area contributed by atoms with E-state index in [1.807, 2.05) is 23.9 Å². The normalized spacial score (nSPS) is 10.8. The maximum Gasteiger partial charge on any atom is 0.182 e. The van der Waals surface area contributed by atoms with Crippen molar-refractivity contribution in [2.75, 3.05) is 0 Å². The average molecular weight is 122 g/mol. The predicted molar refractivity (Wildman–Crippen MR) is 32.9 cm³/mol. The average Bonchev–Trinajstić information content (AvgIpc) is 2.35. The first-order valence-electron chi connectivity index (χ1n) is 2.70. The Bertz CT molecular complexity index is 318. The van der Waals surface area contributed by atoms with Crippen LogP contribution in [0.5, 0.6) is 0 Å². The van der Waals surface area contributed by atoms with E-state index in [4.69, 9.17) is 0 Å². The molecule has 2 aromatic heterocycles. The van der Waals surface area contributed by atoms with Gasteiger partial charge in [0.25, 0.3) is 0 Å². The van der Waals surface area contributed by atoms with E-state index in [9.17, 15) is 0 Å². The van der Waals surface area contributed by atoms with Crippen LogP contribution in [0.15, 0.2) is 12.3 Å². The van der Waals surface area contributed by atoms with E-state index in [1.165, 1.54) is 0 Å². The van der Waals surface area contributed by atoms with Crippen LogP contribution in [0.4, 0.5) is 0 Å². The number of hydrogen-bond acceptors (Lipinski definition) is 2. The number of aromatic nitrogens is 4. The summed E-state index contributed by atoms with van der Waals surface area (Å²) in [6, 6.07) is 1.92. The van der Waals surface area contributed by atoms with Crippen molar-refractivity contribution in [1.29, 1.82) is 0 Å². The summed E-state index contributed by atoms with van der Waals surface area (Å²) in [5.74, 6) is 0. The Labute approximate surface area is 51.5 Å². The summed E-state index contributed by atoms with van der Waals surface area (Å²) in [6.07, 6.45) is 1.93. The van der Waals surface area contributed by atoms with Crippen molar-refractivity contribution in [2.24, 2.45) is 7.05 Å². The largest absolute Gasteiger partial charge is 0.333 e. The fourth-order valence-corrected chi connectivity index (χ4v) is 0.858. The molecule has 0 radical (unpaired) electrons. The molecule has 0 spiro atoms. The molecule has 0 aromatic carbocycles. The third kappa shape index (κ3) is 0.468. The Hall–Kier alpha value is -1.32. The zero-order valence-electron chi connectivity index (χ0n) is 5.00. The third-order valence-corrected chi connectivity index (χ3v) is 1.35. The van der Waals surface area contributed by atoms with Crippen molar-refractivity contribution in [3.63, 3.8) is 0 Å². The van der Waals surface area contributed by atoms with Gasteiger partial charge in [0, 0.05) is 13.2 Å². The molecule has 0 unspecified atom stereocenters. The lowest BCUT2D eigenvalue weighted by Crippen LogP contribution is -1.83. The first-order valence-corrected chi connectivity index (χ1v) is 2.70. The molecular formula is C5H6N4. The molecule has 0 aliphatic carbocycles. The van der Waals surface area contributed by atoms with Crippen LogP contribution in [0.1, 0.15) is 0 Å². The fourth-order valence-electron chi connectivity index (χ4n) is 0.858. The van der Waals surface area contributed by atoms with Gasteiger partial charge in [0.2, 0.25) is 0 Å². The lowest BCUT2D eigenvalue weighted by atomic mass is 10.6. The molecule has 1 N–H and O–H groups in total. The molecule has 9 heavy (non-hydrogen) atoms. The quantitative estimate of drug-likeness (QED) is 0.546. The smallest absolute Gasteiger partial charge is 0.182 e. The molecule has 4 heteroatoms. The van der Waals surface area contributed by atoms with Crippen molar-refractivity contribution >= 4 is 11.2 Å². The minimum atomic E-state index is 0.898. The molecule has 0 saturated carbocycles. The van der Waals surface area contributed by atoms with Crippen molar-refractivity contribution < 1.29 is 0 Å². The van der Waals surface area contributed by atoms with Gasteiger partial charge < -0.3 is 4.57 Å². The summed E-state index contributed by atoms with van der Waals surface area (Å²) >= 11 is 0. The Morgan fingerprint density at radius 3 is 3.22 bits per heavy atom. The van der Waals surface area contributed by atoms with Gasteiger partial charge in [-0.3, -0.25) is 0 Å². The van der Waals surface area contributed by atoms with Gasteiger partial charge in [-0.2, -0.15) is 10.3 Å². The van der Waals surface area contributed by atoms with Crippen molar-refractivity contribution in [2.45, 2.75) is 0 Å². The van der Waals surface area contributed by atoms with E-state index >= 15 is 0 Å². The summed E-state index contributed by atoms with van der Waals surface area (Å²) in [5.41, 5.74) is 1.81. The number of aryl methyl sites for hydroxylation is 1. The monoisotopic (exact) mass is 122 g/mol. The number of nitrogens with one attached hydrogen (secondary N) is 1. The van der Waals surface area contributed by atoms with E-state index in [0.717, 1.165) is 11.2 Å². The van der Waals surface area contributed by atoms with Crippen LogP contribution in [0, 0.1) is 0 Å². The zero-order valence-corrected chi connectivity index (χ0v) is 5.00. The minimum absolute atomic E-state index is 0.898. The molecule has 0 saturated heterocycles. The first kappa shape index (κ1) is 4.55. The third-order valence-electron chi connectivity index (χ3n) is 1.35. The van der Waals surface area contributed by atoms with E-state index in [0.29, 0.717) is 0 Å². The molecule has 2 aromatic rings. The summed E-state index contributed by atoms with van der Waals surface area (Å²) in [5, 5.41) is 10.3. The van der Waals surface area contributed by atoms with E-state index in [-0.39, 0.29) is 0 Å². The fraction of sp³-hybridized carbons (Fsp3) is 0.200. The SMILES string of the molecule is Cn1ccc2n[nH]nc21. The summed E-state index contributed by atoms with van der Waals surface area (Å²) in [6.45, 7) is 0. The lowest BCUT2D eigenvalue weighted by Gasteiger charge is -1.83. The zero-order chi connectivity index (χ0) is 6.27. The second kappa shape index (κ2) is 1.34. The van der Waals surface area contributed by atoms with E-state index in [2.05, 4.69) is 15.4 Å². The highest BCUT2D eigenvalue weighted by Gasteiger charge is 1.98. The number of nitrogens with zero attached hydrogens (tertiary/aromatic N) is 3. The topological polar surface area (TPSA) is 46.5 Å². The number of rotatable bonds is 0. The van der Waals surface area contributed by atoms with Crippen LogP contribution in [0.25, 0.3) is 11.2 Å². The van der Waals surface area contributed by atoms with Gasteiger partial charge in [-0.05, 0) is 6.07 Å². The summed E-state index contributed by atoms with van der Waals surface area (Å²) in [7, 11) is 1.94. The van der Waals surface area contributed by atoms with Crippen LogP contribution in [0.2, 0.25) is 0 Å². The lowest BCUT2D eigenvalue weighted by molar-refractivity contribution is 0.897. The molecule has 2 heterocycles. The second-order valence-corrected chi connectivity index (χ2v) is 1.96. The molecule has 0 atom stereocenters. The van der Waals surface area contributed by atoms with E-state index < -0.39 is 0 Å². The van der Waals surface area contributed by atoms with Crippen molar-refractivity contribution in [1.82, 2.24) is 20.0 Å². The second-order valence-electron chi connectivity index (χ2n) is 1.96. The van der Waals surface area contributed by atoms with Crippen LogP contribution in [-0.2, 0) is 7.05 Å². The minimum Gasteiger partial charge on any atom is -0.333 e. The van der Waals surface area contributed by atoms with Gasteiger partial charge in [-0.1, -0.05) is 0 Å². The number of H-pyrrole nitrogens is 1. The molecular weight excluding hydrogens is 116 g/mol. The molecule has 0 amide bonds. The first-order chi connectivity index (χ1) is 4.38. The Morgan fingerprint density at radius 2 is 2.44 bits per heavy atom. The van der Waals surface area contributed by atoms with Crippen molar-refractivity contribution in [3.05, 3.63) is 12.3 Å². The van der Waals surface area contributed by atoms with Crippen molar-refractivity contribution in [3.8, 4) is 0 Å². The molecule has 2 rings (SSSR count). The highest BCUT2D eigenvalue weighted by Crippen LogP contribution is 2.05. The van der Waals surface area contributed by atoms with Gasteiger partial charge in [0.15, 0.2) is 5.65 Å². The van der Waals surface area contributed by atoms with E-state index in [1.54, 1.807) is 0 Å². The maximum absolute atomic E-state index is 3.91. The van der Waals surface area contributed by atoms with Crippen LogP contribution < -0.4 is 0 Å². The molecule has 0 aliphatic rings. The Morgan fingerprint density at radius 1 is 1.56 bits per heavy atom. The number of hydrogen-bond donors (Lipinski definition) is 1. The van der Waals surface area contributed by atoms with Gasteiger partial charge in [-0.15, -0.1) is 5.10 Å². The molecule has 0 bridgehead atoms.